The van der Waals surface area contributed by atoms with Crippen molar-refractivity contribution in [1.82, 2.24) is 5.32 Å². The lowest BCUT2D eigenvalue weighted by Gasteiger charge is -2.29. The van der Waals surface area contributed by atoms with E-state index in [0.717, 1.165) is 12.8 Å². The van der Waals surface area contributed by atoms with Crippen molar-refractivity contribution in [3.8, 4) is 0 Å². The fourth-order valence-electron chi connectivity index (χ4n) is 4.32. The molecule has 5 nitrogen and oxygen atoms in total. The van der Waals surface area contributed by atoms with Crippen LogP contribution >= 0.6 is 0 Å². The van der Waals surface area contributed by atoms with Crippen LogP contribution in [0, 0.1) is 30.0 Å². The number of halogens is 1. The van der Waals surface area contributed by atoms with Crippen molar-refractivity contribution in [2.24, 2.45) is 17.3 Å². The smallest absolute Gasteiger partial charge is 0.232 e. The molecular weight excluding hydrogens is 337 g/mol. The minimum atomic E-state index is -0.531. The van der Waals surface area contributed by atoms with Gasteiger partial charge in [0.25, 0.3) is 0 Å². The molecule has 1 spiro atoms. The lowest BCUT2D eigenvalue weighted by atomic mass is 9.75. The third-order valence-electron chi connectivity index (χ3n) is 6.19. The number of carbonyl (C=O) groups excluding carboxylic acids is 4. The molecule has 0 aromatic heterocycles. The maximum atomic E-state index is 13.8. The van der Waals surface area contributed by atoms with Crippen LogP contribution in [0.5, 0.6) is 0 Å². The second-order valence-electron chi connectivity index (χ2n) is 7.86. The normalized spacial score (nSPS) is 26.7. The number of hydrogen-bond acceptors (Lipinski definition) is 4. The van der Waals surface area contributed by atoms with Crippen molar-refractivity contribution in [1.29, 1.82) is 0 Å². The average molecular weight is 357 g/mol. The quantitative estimate of drug-likeness (QED) is 0.844. The SMILES string of the molecule is Cc1c(F)ccc2c1C(=O)C(CCC1CC3(CC3)C(=O)NC1=O)CC2=O. The molecule has 1 saturated heterocycles. The number of hydrogen-bond donors (Lipinski definition) is 1. The molecule has 1 heterocycles. The lowest BCUT2D eigenvalue weighted by Crippen LogP contribution is -2.47. The Hall–Kier alpha value is -2.37. The monoisotopic (exact) mass is 357 g/mol. The van der Waals surface area contributed by atoms with Gasteiger partial charge < -0.3 is 0 Å². The van der Waals surface area contributed by atoms with Crippen LogP contribution in [0.1, 0.15) is 64.8 Å². The van der Waals surface area contributed by atoms with Gasteiger partial charge in [0.1, 0.15) is 5.82 Å². The molecule has 0 radical (unpaired) electrons. The summed E-state index contributed by atoms with van der Waals surface area (Å²) in [5.74, 6) is -2.18. The van der Waals surface area contributed by atoms with E-state index in [2.05, 4.69) is 5.32 Å². The van der Waals surface area contributed by atoms with Crippen LogP contribution in [-0.4, -0.2) is 23.4 Å². The molecule has 2 atom stereocenters. The van der Waals surface area contributed by atoms with Crippen LogP contribution in [0.15, 0.2) is 12.1 Å². The van der Waals surface area contributed by atoms with E-state index in [0.29, 0.717) is 24.8 Å². The predicted octanol–water partition coefficient (Wildman–Crippen LogP) is 2.74. The summed E-state index contributed by atoms with van der Waals surface area (Å²) in [5, 5.41) is 2.44. The first-order chi connectivity index (χ1) is 12.3. The summed E-state index contributed by atoms with van der Waals surface area (Å²) in [6, 6.07) is 2.60. The highest BCUT2D eigenvalue weighted by molar-refractivity contribution is 6.15. The summed E-state index contributed by atoms with van der Waals surface area (Å²) in [6.45, 7) is 1.51. The van der Waals surface area contributed by atoms with Gasteiger partial charge in [-0.1, -0.05) is 0 Å². The Kier molecular flexibility index (Phi) is 3.82. The van der Waals surface area contributed by atoms with Crippen LogP contribution in [0.25, 0.3) is 0 Å². The molecule has 1 aromatic rings. The van der Waals surface area contributed by atoms with Gasteiger partial charge in [-0.3, -0.25) is 24.5 Å². The summed E-state index contributed by atoms with van der Waals surface area (Å²) in [6.07, 6.45) is 3.06. The first kappa shape index (κ1) is 17.1. The molecule has 1 N–H and O–H groups in total. The standard InChI is InChI=1S/C20H20FNO4/c1-10-14(21)5-4-13-15(23)8-11(17(24)16(10)13)2-3-12-9-20(6-7-20)19(26)22-18(12)25/h4-5,11-12H,2-3,6-9H2,1H3,(H,22,25,26). The number of amides is 2. The van der Waals surface area contributed by atoms with Crippen molar-refractivity contribution < 1.29 is 23.6 Å². The fraction of sp³-hybridized carbons (Fsp3) is 0.500. The van der Waals surface area contributed by atoms with E-state index >= 15 is 0 Å². The van der Waals surface area contributed by atoms with Crippen LogP contribution in [-0.2, 0) is 9.59 Å². The maximum absolute atomic E-state index is 13.8. The van der Waals surface area contributed by atoms with Crippen LogP contribution in [0.4, 0.5) is 4.39 Å². The zero-order chi connectivity index (χ0) is 18.6. The molecule has 4 rings (SSSR count). The van der Waals surface area contributed by atoms with Gasteiger partial charge in [-0.05, 0) is 56.7 Å². The Morgan fingerprint density at radius 3 is 2.50 bits per heavy atom. The zero-order valence-electron chi connectivity index (χ0n) is 14.6. The summed E-state index contributed by atoms with van der Waals surface area (Å²) in [7, 11) is 0. The molecular formula is C20H20FNO4. The molecule has 2 aliphatic carbocycles. The van der Waals surface area contributed by atoms with Gasteiger partial charge in [0.2, 0.25) is 11.8 Å². The number of rotatable bonds is 3. The Morgan fingerprint density at radius 2 is 1.81 bits per heavy atom. The van der Waals surface area contributed by atoms with E-state index in [1.54, 1.807) is 0 Å². The Morgan fingerprint density at radius 1 is 1.12 bits per heavy atom. The fourth-order valence-corrected chi connectivity index (χ4v) is 4.32. The first-order valence-electron chi connectivity index (χ1n) is 9.04. The molecule has 2 unspecified atom stereocenters. The summed E-state index contributed by atoms with van der Waals surface area (Å²) >= 11 is 0. The lowest BCUT2D eigenvalue weighted by molar-refractivity contribution is -0.141. The molecule has 136 valence electrons. The molecule has 3 aliphatic rings. The average Bonchev–Trinajstić information content (AvgIpc) is 3.37. The van der Waals surface area contributed by atoms with Crippen LogP contribution in [0.2, 0.25) is 0 Å². The van der Waals surface area contributed by atoms with E-state index in [4.69, 9.17) is 0 Å². The number of benzene rings is 1. The van der Waals surface area contributed by atoms with Crippen molar-refractivity contribution in [3.05, 3.63) is 34.6 Å². The van der Waals surface area contributed by atoms with Gasteiger partial charge in [0, 0.05) is 29.4 Å². The van der Waals surface area contributed by atoms with E-state index < -0.39 is 17.2 Å². The number of ketones is 2. The Bertz CT molecular complexity index is 856. The molecule has 26 heavy (non-hydrogen) atoms. The second-order valence-corrected chi connectivity index (χ2v) is 7.86. The largest absolute Gasteiger partial charge is 0.296 e. The second kappa shape index (κ2) is 5.83. The zero-order valence-corrected chi connectivity index (χ0v) is 14.6. The van der Waals surface area contributed by atoms with Gasteiger partial charge in [-0.25, -0.2) is 4.39 Å². The van der Waals surface area contributed by atoms with Crippen LogP contribution < -0.4 is 5.32 Å². The predicted molar refractivity (Wildman–Crippen MR) is 90.1 cm³/mol. The minimum absolute atomic E-state index is 0.0926. The first-order valence-corrected chi connectivity index (χ1v) is 9.04. The van der Waals surface area contributed by atoms with E-state index in [9.17, 15) is 23.6 Å². The van der Waals surface area contributed by atoms with Gasteiger partial charge in [0.05, 0.1) is 5.41 Å². The number of imide groups is 1. The van der Waals surface area contributed by atoms with Crippen molar-refractivity contribution in [3.63, 3.8) is 0 Å². The summed E-state index contributed by atoms with van der Waals surface area (Å²) in [4.78, 5) is 49.2. The number of nitrogens with one attached hydrogen (secondary N) is 1. The topological polar surface area (TPSA) is 80.3 Å². The van der Waals surface area contributed by atoms with Crippen LogP contribution in [0.3, 0.4) is 0 Å². The van der Waals surface area contributed by atoms with Gasteiger partial charge in [0.15, 0.2) is 11.6 Å². The van der Waals surface area contributed by atoms with Crippen molar-refractivity contribution >= 4 is 23.4 Å². The van der Waals surface area contributed by atoms with E-state index in [-0.39, 0.29) is 46.8 Å². The summed E-state index contributed by atoms with van der Waals surface area (Å²) in [5.41, 5.74) is 0.303. The number of fused-ring (bicyclic) bond motifs is 1. The minimum Gasteiger partial charge on any atom is -0.296 e. The van der Waals surface area contributed by atoms with Gasteiger partial charge in [-0.2, -0.15) is 0 Å². The number of carbonyl (C=O) groups is 4. The molecule has 1 aliphatic heterocycles. The molecule has 1 aromatic carbocycles. The Balaban J connectivity index is 1.50. The third kappa shape index (κ3) is 2.59. The highest BCUT2D eigenvalue weighted by atomic mass is 19.1. The van der Waals surface area contributed by atoms with Gasteiger partial charge in [-0.15, -0.1) is 0 Å². The maximum Gasteiger partial charge on any atom is 0.232 e. The number of Topliss-reactive ketones (excluding diaryl/α,β-unsaturated/α-hetero) is 2. The Labute approximate surface area is 150 Å². The highest BCUT2D eigenvalue weighted by Gasteiger charge is 2.55. The van der Waals surface area contributed by atoms with Crippen molar-refractivity contribution in [2.75, 3.05) is 0 Å². The van der Waals surface area contributed by atoms with E-state index in [1.165, 1.54) is 19.1 Å². The molecule has 2 fully saturated rings. The molecule has 1 saturated carbocycles. The van der Waals surface area contributed by atoms with E-state index in [1.807, 2.05) is 0 Å². The molecule has 0 bridgehead atoms. The van der Waals surface area contributed by atoms with Crippen molar-refractivity contribution in [2.45, 2.75) is 45.4 Å². The molecule has 2 amide bonds. The molecule has 6 heteroatoms. The summed E-state index contributed by atoms with van der Waals surface area (Å²) < 4.78 is 13.8. The third-order valence-corrected chi connectivity index (χ3v) is 6.19. The highest BCUT2D eigenvalue weighted by Crippen LogP contribution is 2.53. The number of piperidine rings is 1. The van der Waals surface area contributed by atoms with Gasteiger partial charge >= 0.3 is 0 Å².